The van der Waals surface area contributed by atoms with Crippen LogP contribution in [0.1, 0.15) is 59.7 Å². The van der Waals surface area contributed by atoms with E-state index in [-0.39, 0.29) is 11.3 Å². The van der Waals surface area contributed by atoms with Gasteiger partial charge in [-0.3, -0.25) is 9.89 Å². The summed E-state index contributed by atoms with van der Waals surface area (Å²) in [5, 5.41) is 10.6. The molecule has 0 saturated carbocycles. The maximum Gasteiger partial charge on any atom is 0.229 e. The Kier molecular flexibility index (Phi) is 4.88. The summed E-state index contributed by atoms with van der Waals surface area (Å²) in [6, 6.07) is 8.40. The van der Waals surface area contributed by atoms with Gasteiger partial charge in [0.1, 0.15) is 5.69 Å². The molecule has 1 aromatic heterocycles. The Bertz CT molecular complexity index is 713. The fraction of sp³-hybridized carbons (Fsp3) is 0.500. The number of carbonyl (C=O) groups excluding carboxylic acids is 1. The Morgan fingerprint density at radius 2 is 1.67 bits per heavy atom. The first-order valence-electron chi connectivity index (χ1n) is 8.53. The SMILES string of the molecule is CCc1[nH]nc(-c2ccc(C(C)(C)C)cc2)c1NC(=O)C(C)(C)C. The second-order valence-corrected chi connectivity index (χ2v) is 8.31. The number of amides is 1. The van der Waals surface area contributed by atoms with Crippen LogP contribution in [0, 0.1) is 5.41 Å². The Morgan fingerprint density at radius 1 is 1.08 bits per heavy atom. The van der Waals surface area contributed by atoms with Gasteiger partial charge in [0.15, 0.2) is 0 Å². The van der Waals surface area contributed by atoms with E-state index >= 15 is 0 Å². The highest BCUT2D eigenvalue weighted by Gasteiger charge is 2.25. The van der Waals surface area contributed by atoms with Crippen LogP contribution in [-0.4, -0.2) is 16.1 Å². The summed E-state index contributed by atoms with van der Waals surface area (Å²) in [6.07, 6.45) is 0.785. The summed E-state index contributed by atoms with van der Waals surface area (Å²) < 4.78 is 0. The normalized spacial score (nSPS) is 12.3. The van der Waals surface area contributed by atoms with E-state index in [1.54, 1.807) is 0 Å². The molecule has 2 N–H and O–H groups in total. The molecular weight excluding hydrogens is 298 g/mol. The molecule has 0 unspecified atom stereocenters. The summed E-state index contributed by atoms with van der Waals surface area (Å²) in [5.74, 6) is -0.00818. The lowest BCUT2D eigenvalue weighted by Gasteiger charge is -2.20. The van der Waals surface area contributed by atoms with E-state index < -0.39 is 5.41 Å². The molecule has 0 bridgehead atoms. The Balaban J connectivity index is 2.41. The van der Waals surface area contributed by atoms with E-state index in [0.29, 0.717) is 0 Å². The van der Waals surface area contributed by atoms with E-state index in [4.69, 9.17) is 0 Å². The summed E-state index contributed by atoms with van der Waals surface area (Å²) >= 11 is 0. The Hall–Kier alpha value is -2.10. The first-order valence-corrected chi connectivity index (χ1v) is 8.53. The molecule has 0 atom stereocenters. The van der Waals surface area contributed by atoms with Crippen molar-refractivity contribution in [2.75, 3.05) is 5.32 Å². The van der Waals surface area contributed by atoms with E-state index in [9.17, 15) is 4.79 Å². The van der Waals surface area contributed by atoms with Gasteiger partial charge in [0, 0.05) is 11.0 Å². The molecule has 1 amide bonds. The minimum atomic E-state index is -0.449. The van der Waals surface area contributed by atoms with Crippen LogP contribution in [0.15, 0.2) is 24.3 Å². The number of aryl methyl sites for hydroxylation is 1. The van der Waals surface area contributed by atoms with Gasteiger partial charge in [0.05, 0.1) is 11.4 Å². The van der Waals surface area contributed by atoms with E-state index in [2.05, 4.69) is 60.6 Å². The van der Waals surface area contributed by atoms with Gasteiger partial charge >= 0.3 is 0 Å². The Morgan fingerprint density at radius 3 is 2.12 bits per heavy atom. The first-order chi connectivity index (χ1) is 11.0. The van der Waals surface area contributed by atoms with Crippen molar-refractivity contribution in [3.8, 4) is 11.3 Å². The number of anilines is 1. The molecule has 2 rings (SSSR count). The maximum atomic E-state index is 12.4. The standard InChI is InChI=1S/C20H29N3O/c1-8-15-17(21-18(24)20(5,6)7)16(23-22-15)13-9-11-14(12-10-13)19(2,3)4/h9-12H,8H2,1-7H3,(H,21,24)(H,22,23). The van der Waals surface area contributed by atoms with Crippen molar-refractivity contribution in [1.29, 1.82) is 0 Å². The van der Waals surface area contributed by atoms with Crippen LogP contribution in [-0.2, 0) is 16.6 Å². The van der Waals surface area contributed by atoms with Gasteiger partial charge in [-0.25, -0.2) is 0 Å². The van der Waals surface area contributed by atoms with Gasteiger partial charge in [0.25, 0.3) is 0 Å². The first kappa shape index (κ1) is 18.2. The third kappa shape index (κ3) is 3.86. The highest BCUT2D eigenvalue weighted by Crippen LogP contribution is 2.32. The zero-order valence-corrected chi connectivity index (χ0v) is 15.9. The predicted octanol–water partition coefficient (Wildman–Crippen LogP) is 4.92. The minimum absolute atomic E-state index is 0.00818. The highest BCUT2D eigenvalue weighted by atomic mass is 16.2. The molecule has 130 valence electrons. The van der Waals surface area contributed by atoms with Crippen LogP contribution in [0.3, 0.4) is 0 Å². The van der Waals surface area contributed by atoms with Crippen LogP contribution in [0.2, 0.25) is 0 Å². The second-order valence-electron chi connectivity index (χ2n) is 8.31. The number of H-pyrrole nitrogens is 1. The predicted molar refractivity (Wildman–Crippen MR) is 100 cm³/mol. The summed E-state index contributed by atoms with van der Waals surface area (Å²) in [6.45, 7) is 14.4. The van der Waals surface area contributed by atoms with Crippen LogP contribution < -0.4 is 5.32 Å². The largest absolute Gasteiger partial charge is 0.322 e. The molecule has 1 heterocycles. The zero-order chi connectivity index (χ0) is 18.1. The van der Waals surface area contributed by atoms with Crippen LogP contribution in [0.5, 0.6) is 0 Å². The monoisotopic (exact) mass is 327 g/mol. The quantitative estimate of drug-likeness (QED) is 0.840. The van der Waals surface area contributed by atoms with Crippen molar-refractivity contribution >= 4 is 11.6 Å². The van der Waals surface area contributed by atoms with Crippen molar-refractivity contribution in [3.05, 3.63) is 35.5 Å². The number of benzene rings is 1. The van der Waals surface area contributed by atoms with Crippen LogP contribution in [0.4, 0.5) is 5.69 Å². The van der Waals surface area contributed by atoms with E-state index in [1.807, 2.05) is 27.7 Å². The molecule has 0 spiro atoms. The fourth-order valence-electron chi connectivity index (χ4n) is 2.41. The van der Waals surface area contributed by atoms with Gasteiger partial charge in [-0.15, -0.1) is 0 Å². The number of nitrogens with zero attached hydrogens (tertiary/aromatic N) is 1. The topological polar surface area (TPSA) is 57.8 Å². The molecule has 0 saturated heterocycles. The highest BCUT2D eigenvalue weighted by molar-refractivity contribution is 5.98. The number of aromatic nitrogens is 2. The number of carbonyl (C=O) groups is 1. The van der Waals surface area contributed by atoms with Gasteiger partial charge in [0.2, 0.25) is 5.91 Å². The minimum Gasteiger partial charge on any atom is -0.322 e. The lowest BCUT2D eigenvalue weighted by Crippen LogP contribution is -2.28. The number of nitrogens with one attached hydrogen (secondary N) is 2. The molecule has 0 fully saturated rings. The average molecular weight is 327 g/mol. The van der Waals surface area contributed by atoms with Gasteiger partial charge in [-0.2, -0.15) is 5.10 Å². The molecule has 0 aliphatic rings. The fourth-order valence-corrected chi connectivity index (χ4v) is 2.41. The van der Waals surface area contributed by atoms with Crippen molar-refractivity contribution in [2.45, 2.75) is 60.3 Å². The van der Waals surface area contributed by atoms with Crippen molar-refractivity contribution in [1.82, 2.24) is 10.2 Å². The van der Waals surface area contributed by atoms with E-state index in [1.165, 1.54) is 5.56 Å². The molecule has 0 aliphatic carbocycles. The molecule has 1 aromatic carbocycles. The molecule has 2 aromatic rings. The summed E-state index contributed by atoms with van der Waals surface area (Å²) in [7, 11) is 0. The van der Waals surface area contributed by atoms with Gasteiger partial charge in [-0.05, 0) is 17.4 Å². The third-order valence-electron chi connectivity index (χ3n) is 4.14. The number of hydrogen-bond donors (Lipinski definition) is 2. The second kappa shape index (κ2) is 6.42. The summed E-state index contributed by atoms with van der Waals surface area (Å²) in [4.78, 5) is 12.4. The van der Waals surface area contributed by atoms with E-state index in [0.717, 1.165) is 29.1 Å². The van der Waals surface area contributed by atoms with Crippen LogP contribution >= 0.6 is 0 Å². The molecule has 4 heteroatoms. The van der Waals surface area contributed by atoms with Gasteiger partial charge in [-0.1, -0.05) is 72.7 Å². The summed E-state index contributed by atoms with van der Waals surface area (Å²) in [5.41, 5.74) is 4.48. The molecule has 0 aliphatic heterocycles. The molecule has 0 radical (unpaired) electrons. The zero-order valence-electron chi connectivity index (χ0n) is 15.9. The number of hydrogen-bond acceptors (Lipinski definition) is 2. The van der Waals surface area contributed by atoms with Crippen molar-refractivity contribution in [3.63, 3.8) is 0 Å². The van der Waals surface area contributed by atoms with Gasteiger partial charge < -0.3 is 5.32 Å². The maximum absolute atomic E-state index is 12.4. The molecular formula is C20H29N3O. The number of rotatable bonds is 3. The lowest BCUT2D eigenvalue weighted by atomic mass is 9.86. The number of aromatic amines is 1. The molecule has 24 heavy (non-hydrogen) atoms. The van der Waals surface area contributed by atoms with Crippen molar-refractivity contribution < 1.29 is 4.79 Å². The smallest absolute Gasteiger partial charge is 0.229 e. The Labute approximate surface area is 145 Å². The average Bonchev–Trinajstić information content (AvgIpc) is 2.88. The van der Waals surface area contributed by atoms with Crippen LogP contribution in [0.25, 0.3) is 11.3 Å². The molecule has 4 nitrogen and oxygen atoms in total. The third-order valence-corrected chi connectivity index (χ3v) is 4.14. The lowest BCUT2D eigenvalue weighted by molar-refractivity contribution is -0.123. The van der Waals surface area contributed by atoms with Crippen molar-refractivity contribution in [2.24, 2.45) is 5.41 Å².